The lowest BCUT2D eigenvalue weighted by molar-refractivity contribution is -0.0158. The second kappa shape index (κ2) is 13.3. The van der Waals surface area contributed by atoms with E-state index in [0.29, 0.717) is 32.5 Å². The highest BCUT2D eigenvalue weighted by Gasteiger charge is 2.20. The van der Waals surface area contributed by atoms with E-state index in [0.717, 1.165) is 51.3 Å². The van der Waals surface area contributed by atoms with E-state index in [4.69, 9.17) is 14.2 Å². The fraction of sp³-hybridized carbons (Fsp3) is 0.750. The average molecular weight is 421 g/mol. The molecule has 0 amide bonds. The second-order valence-corrected chi connectivity index (χ2v) is 8.67. The number of methoxy groups -OCH3 is 1. The largest absolute Gasteiger partial charge is 0.491 e. The molecule has 0 aliphatic carbocycles. The van der Waals surface area contributed by atoms with E-state index in [2.05, 4.69) is 21.9 Å². The van der Waals surface area contributed by atoms with Crippen molar-refractivity contribution in [3.63, 3.8) is 0 Å². The normalized spacial score (nSPS) is 20.7. The molecule has 0 bridgehead atoms. The molecule has 2 aliphatic rings. The zero-order valence-corrected chi connectivity index (χ0v) is 18.6. The quantitative estimate of drug-likeness (QED) is 0.556. The van der Waals surface area contributed by atoms with Crippen molar-refractivity contribution in [2.45, 2.75) is 57.3 Å². The molecule has 6 nitrogen and oxygen atoms in total. The molecule has 2 saturated heterocycles. The van der Waals surface area contributed by atoms with Crippen LogP contribution in [0.1, 0.15) is 44.1 Å². The predicted octanol–water partition coefficient (Wildman–Crippen LogP) is 2.93. The van der Waals surface area contributed by atoms with Gasteiger partial charge >= 0.3 is 0 Å². The molecule has 2 aliphatic heterocycles. The van der Waals surface area contributed by atoms with Gasteiger partial charge in [-0.2, -0.15) is 0 Å². The van der Waals surface area contributed by atoms with Gasteiger partial charge in [0.1, 0.15) is 18.5 Å². The number of piperidine rings is 1. The summed E-state index contributed by atoms with van der Waals surface area (Å²) in [6.07, 6.45) is 7.17. The molecule has 30 heavy (non-hydrogen) atoms. The molecule has 6 heteroatoms. The Morgan fingerprint density at radius 1 is 1.00 bits per heavy atom. The van der Waals surface area contributed by atoms with E-state index in [1.807, 2.05) is 12.1 Å². The summed E-state index contributed by atoms with van der Waals surface area (Å²) in [5.74, 6) is 0.847. The minimum atomic E-state index is -0.441. The molecule has 0 aromatic heterocycles. The van der Waals surface area contributed by atoms with Gasteiger partial charge in [0.05, 0.1) is 19.3 Å². The number of nitrogens with zero attached hydrogens (tertiary/aromatic N) is 2. The summed E-state index contributed by atoms with van der Waals surface area (Å²) in [6, 6.07) is 8.30. The molecule has 0 saturated carbocycles. The van der Waals surface area contributed by atoms with Crippen molar-refractivity contribution in [1.29, 1.82) is 0 Å². The van der Waals surface area contributed by atoms with Crippen LogP contribution in [0.3, 0.4) is 0 Å². The topological polar surface area (TPSA) is 54.4 Å². The maximum Gasteiger partial charge on any atom is 0.119 e. The first-order valence-corrected chi connectivity index (χ1v) is 11.7. The van der Waals surface area contributed by atoms with Crippen LogP contribution in [-0.2, 0) is 16.0 Å². The van der Waals surface area contributed by atoms with Crippen molar-refractivity contribution in [2.24, 2.45) is 0 Å². The van der Waals surface area contributed by atoms with Crippen molar-refractivity contribution in [3.05, 3.63) is 29.8 Å². The third-order valence-electron chi connectivity index (χ3n) is 6.09. The Bertz CT molecular complexity index is 584. The minimum absolute atomic E-state index is 0.351. The van der Waals surface area contributed by atoms with E-state index >= 15 is 0 Å². The van der Waals surface area contributed by atoms with E-state index in [1.165, 1.54) is 31.2 Å². The van der Waals surface area contributed by atoms with E-state index in [9.17, 15) is 5.11 Å². The van der Waals surface area contributed by atoms with Crippen LogP contribution in [0.4, 0.5) is 0 Å². The molecule has 0 radical (unpaired) electrons. The molecular formula is C24H40N2O4. The molecule has 170 valence electrons. The highest BCUT2D eigenvalue weighted by Crippen LogP contribution is 2.19. The zero-order valence-electron chi connectivity index (χ0n) is 18.6. The molecule has 1 atom stereocenters. The summed E-state index contributed by atoms with van der Waals surface area (Å²) in [5, 5.41) is 10.4. The minimum Gasteiger partial charge on any atom is -0.491 e. The first-order chi connectivity index (χ1) is 14.7. The number of β-amino-alcohol motifs (C(OH)–C–C–N with tert-alkyl or cyclic N) is 1. The Hall–Kier alpha value is -1.18. The third kappa shape index (κ3) is 8.52. The number of aliphatic hydroxyl groups is 1. The summed E-state index contributed by atoms with van der Waals surface area (Å²) in [6.45, 7) is 7.64. The van der Waals surface area contributed by atoms with Gasteiger partial charge in [-0.05, 0) is 56.5 Å². The van der Waals surface area contributed by atoms with Gasteiger partial charge in [-0.1, -0.05) is 25.0 Å². The number of benzene rings is 1. The average Bonchev–Trinajstić information content (AvgIpc) is 3.03. The van der Waals surface area contributed by atoms with Crippen LogP contribution in [0.5, 0.6) is 5.75 Å². The van der Waals surface area contributed by atoms with Crippen LogP contribution in [0.2, 0.25) is 0 Å². The molecule has 3 rings (SSSR count). The molecule has 0 spiro atoms. The van der Waals surface area contributed by atoms with Crippen molar-refractivity contribution >= 4 is 0 Å². The lowest BCUT2D eigenvalue weighted by Gasteiger charge is -2.32. The van der Waals surface area contributed by atoms with Crippen molar-refractivity contribution in [3.8, 4) is 5.75 Å². The number of ether oxygens (including phenoxy) is 3. The van der Waals surface area contributed by atoms with Gasteiger partial charge in [-0.15, -0.1) is 0 Å². The maximum atomic E-state index is 10.4. The fourth-order valence-corrected chi connectivity index (χ4v) is 4.39. The Balaban J connectivity index is 1.37. The molecule has 2 heterocycles. The van der Waals surface area contributed by atoms with Gasteiger partial charge in [-0.3, -0.25) is 4.90 Å². The number of hydrogen-bond donors (Lipinski definition) is 1. The van der Waals surface area contributed by atoms with E-state index in [1.54, 1.807) is 7.11 Å². The zero-order chi connectivity index (χ0) is 21.0. The van der Waals surface area contributed by atoms with Crippen molar-refractivity contribution in [2.75, 3.05) is 59.7 Å². The maximum absolute atomic E-state index is 10.4. The highest BCUT2D eigenvalue weighted by molar-refractivity contribution is 5.28. The summed E-state index contributed by atoms with van der Waals surface area (Å²) >= 11 is 0. The molecule has 1 aromatic carbocycles. The predicted molar refractivity (Wildman–Crippen MR) is 119 cm³/mol. The highest BCUT2D eigenvalue weighted by atomic mass is 16.5. The third-order valence-corrected chi connectivity index (χ3v) is 6.09. The Morgan fingerprint density at radius 2 is 1.77 bits per heavy atom. The van der Waals surface area contributed by atoms with Crippen LogP contribution in [0, 0.1) is 0 Å². The lowest BCUT2D eigenvalue weighted by atomic mass is 10.1. The van der Waals surface area contributed by atoms with Crippen molar-refractivity contribution in [1.82, 2.24) is 9.80 Å². The van der Waals surface area contributed by atoms with Crippen LogP contribution in [0.25, 0.3) is 0 Å². The first kappa shape index (κ1) is 23.5. The summed E-state index contributed by atoms with van der Waals surface area (Å²) in [5.41, 5.74) is 1.26. The van der Waals surface area contributed by atoms with E-state index < -0.39 is 6.10 Å². The second-order valence-electron chi connectivity index (χ2n) is 8.67. The molecule has 1 aromatic rings. The molecule has 1 N–H and O–H groups in total. The van der Waals surface area contributed by atoms with Gasteiger partial charge in [0.15, 0.2) is 0 Å². The fourth-order valence-electron chi connectivity index (χ4n) is 4.39. The molecule has 2 fully saturated rings. The van der Waals surface area contributed by atoms with Gasteiger partial charge < -0.3 is 24.2 Å². The summed E-state index contributed by atoms with van der Waals surface area (Å²) < 4.78 is 16.8. The standard InChI is InChI=1S/C24H40N2O4/c1-28-15-16-29-23-9-13-26(14-10-23)18-21-7-6-8-24(17-21)30-20-22(27)19-25-11-4-2-3-5-12-25/h6-8,17,22-23,27H,2-5,9-16,18-20H2,1H3/t22-/m0/s1. The summed E-state index contributed by atoms with van der Waals surface area (Å²) in [4.78, 5) is 4.85. The van der Waals surface area contributed by atoms with Crippen LogP contribution in [-0.4, -0.2) is 86.8 Å². The SMILES string of the molecule is COCCOC1CCN(Cc2cccc(OC[C@@H](O)CN3CCCCCC3)c2)CC1. The number of aliphatic hydroxyl groups excluding tert-OH is 1. The number of likely N-dealkylation sites (tertiary alicyclic amines) is 2. The van der Waals surface area contributed by atoms with Gasteiger partial charge in [0, 0.05) is 33.3 Å². The molecule has 0 unspecified atom stereocenters. The van der Waals surface area contributed by atoms with Gasteiger partial charge in [0.25, 0.3) is 0 Å². The Kier molecular flexibility index (Phi) is 10.4. The number of rotatable bonds is 11. The van der Waals surface area contributed by atoms with Crippen LogP contribution >= 0.6 is 0 Å². The first-order valence-electron chi connectivity index (χ1n) is 11.7. The number of hydrogen-bond acceptors (Lipinski definition) is 6. The lowest BCUT2D eigenvalue weighted by Crippen LogP contribution is -2.37. The van der Waals surface area contributed by atoms with Crippen molar-refractivity contribution < 1.29 is 19.3 Å². The molecular weight excluding hydrogens is 380 g/mol. The van der Waals surface area contributed by atoms with Crippen LogP contribution in [0.15, 0.2) is 24.3 Å². The van der Waals surface area contributed by atoms with Gasteiger partial charge in [0.2, 0.25) is 0 Å². The summed E-state index contributed by atoms with van der Waals surface area (Å²) in [7, 11) is 1.71. The van der Waals surface area contributed by atoms with Gasteiger partial charge in [-0.25, -0.2) is 0 Å². The Morgan fingerprint density at radius 3 is 2.50 bits per heavy atom. The van der Waals surface area contributed by atoms with Crippen LogP contribution < -0.4 is 4.74 Å². The Labute approximate surface area is 182 Å². The smallest absolute Gasteiger partial charge is 0.119 e. The monoisotopic (exact) mass is 420 g/mol. The van der Waals surface area contributed by atoms with E-state index in [-0.39, 0.29) is 0 Å².